The van der Waals surface area contributed by atoms with Gasteiger partial charge in [-0.1, -0.05) is 39.5 Å². The highest BCUT2D eigenvalue weighted by molar-refractivity contribution is 7.47. The first kappa shape index (κ1) is 33.0. The summed E-state index contributed by atoms with van der Waals surface area (Å²) in [5.41, 5.74) is 0. The van der Waals surface area contributed by atoms with Crippen LogP contribution in [0.25, 0.3) is 0 Å². The Hall–Kier alpha value is -0.0200. The monoisotopic (exact) mass is 554 g/mol. The van der Waals surface area contributed by atoms with Gasteiger partial charge in [0, 0.05) is 13.2 Å². The van der Waals surface area contributed by atoms with E-state index in [4.69, 9.17) is 28.3 Å². The van der Waals surface area contributed by atoms with Crippen molar-refractivity contribution in [2.24, 2.45) is 0 Å². The molecule has 7 N–H and O–H groups in total. The first-order valence-corrected chi connectivity index (χ1v) is 14.7. The predicted molar refractivity (Wildman–Crippen MR) is 121 cm³/mol. The van der Waals surface area contributed by atoms with Crippen LogP contribution in [0.1, 0.15) is 52.4 Å². The summed E-state index contributed by atoms with van der Waals surface area (Å²) in [4.78, 5) is 27.9. The maximum atomic E-state index is 12.5. The van der Waals surface area contributed by atoms with Gasteiger partial charge in [0.25, 0.3) is 0 Å². The summed E-state index contributed by atoms with van der Waals surface area (Å²) in [6, 6.07) is 0. The second-order valence-corrected chi connectivity index (χ2v) is 10.9. The minimum Gasteiger partial charge on any atom is -0.387 e. The number of hydrogen-bond acceptors (Lipinski definition) is 11. The minimum atomic E-state index is -5.21. The van der Waals surface area contributed by atoms with Crippen molar-refractivity contribution < 1.29 is 67.3 Å². The van der Waals surface area contributed by atoms with Gasteiger partial charge in [-0.05, 0) is 12.8 Å². The van der Waals surface area contributed by atoms with Crippen molar-refractivity contribution in [1.82, 2.24) is 0 Å². The molecule has 210 valence electrons. The highest BCUT2D eigenvalue weighted by Crippen LogP contribution is 2.48. The summed E-state index contributed by atoms with van der Waals surface area (Å²) < 4.78 is 48.7. The SMILES string of the molecule is CCCCCOC[C@H](CO[P@@](=O)(O)O[C@H]1[C@@H](O)[C@@H](O)[C@H](OP(=O)(O)O)[C@@H](O)[C@@H]1O)OCCCCC. The Bertz CT molecular complexity index is 660. The van der Waals surface area contributed by atoms with Gasteiger partial charge < -0.3 is 44.6 Å². The molecule has 0 aromatic rings. The molecule has 35 heavy (non-hydrogen) atoms. The van der Waals surface area contributed by atoms with E-state index in [0.717, 1.165) is 38.5 Å². The lowest BCUT2D eigenvalue weighted by Crippen LogP contribution is -2.64. The number of ether oxygens (including phenoxy) is 2. The molecular weight excluding hydrogens is 514 g/mol. The molecule has 0 bridgehead atoms. The summed E-state index contributed by atoms with van der Waals surface area (Å²) in [5.74, 6) is 0. The molecule has 0 aromatic carbocycles. The molecule has 8 atom stereocenters. The van der Waals surface area contributed by atoms with Crippen LogP contribution in [0.5, 0.6) is 0 Å². The molecule has 1 fully saturated rings. The van der Waals surface area contributed by atoms with Crippen LogP contribution in [0, 0.1) is 0 Å². The van der Waals surface area contributed by atoms with Crippen molar-refractivity contribution in [1.29, 1.82) is 0 Å². The molecule has 1 saturated carbocycles. The van der Waals surface area contributed by atoms with E-state index in [1.54, 1.807) is 0 Å². The van der Waals surface area contributed by atoms with E-state index in [9.17, 15) is 34.4 Å². The van der Waals surface area contributed by atoms with E-state index in [1.807, 2.05) is 6.92 Å². The quantitative estimate of drug-likeness (QED) is 0.0889. The van der Waals surface area contributed by atoms with Crippen LogP contribution in [0.4, 0.5) is 0 Å². The fourth-order valence-corrected chi connectivity index (χ4v) is 4.91. The van der Waals surface area contributed by atoms with Crippen molar-refractivity contribution in [3.05, 3.63) is 0 Å². The molecule has 16 heteroatoms. The molecule has 0 aromatic heterocycles. The molecule has 0 spiro atoms. The highest BCUT2D eigenvalue weighted by Gasteiger charge is 2.54. The van der Waals surface area contributed by atoms with Crippen molar-refractivity contribution >= 4 is 15.6 Å². The average Bonchev–Trinajstić information content (AvgIpc) is 2.78. The van der Waals surface area contributed by atoms with Gasteiger partial charge in [0.15, 0.2) is 0 Å². The molecular formula is C19H40O14P2. The molecule has 14 nitrogen and oxygen atoms in total. The number of aliphatic hydroxyl groups is 4. The van der Waals surface area contributed by atoms with Gasteiger partial charge in [-0.25, -0.2) is 9.13 Å². The number of hydrogen-bond donors (Lipinski definition) is 7. The van der Waals surface area contributed by atoms with Crippen molar-refractivity contribution in [2.75, 3.05) is 26.4 Å². The molecule has 0 unspecified atom stereocenters. The van der Waals surface area contributed by atoms with Crippen LogP contribution in [0.15, 0.2) is 0 Å². The molecule has 0 heterocycles. The van der Waals surface area contributed by atoms with E-state index in [0.29, 0.717) is 13.2 Å². The van der Waals surface area contributed by atoms with Crippen molar-refractivity contribution in [3.8, 4) is 0 Å². The maximum absolute atomic E-state index is 12.5. The Morgan fingerprint density at radius 1 is 0.714 bits per heavy atom. The van der Waals surface area contributed by atoms with Gasteiger partial charge in [-0.2, -0.15) is 0 Å². The summed E-state index contributed by atoms with van der Waals surface area (Å²) in [6.45, 7) is 4.58. The van der Waals surface area contributed by atoms with Crippen LogP contribution < -0.4 is 0 Å². The summed E-state index contributed by atoms with van der Waals surface area (Å²) in [6.07, 6.45) is -7.97. The topological polar surface area (TPSA) is 222 Å². The molecule has 0 aliphatic heterocycles. The lowest BCUT2D eigenvalue weighted by molar-refractivity contribution is -0.216. The second kappa shape index (κ2) is 16.1. The van der Waals surface area contributed by atoms with Crippen molar-refractivity contribution in [3.63, 3.8) is 0 Å². The smallest absolute Gasteiger partial charge is 0.387 e. The molecule has 1 rings (SSSR count). The van der Waals surface area contributed by atoms with Gasteiger partial charge in [0.05, 0.1) is 13.2 Å². The van der Waals surface area contributed by atoms with Gasteiger partial charge in [-0.3, -0.25) is 13.6 Å². The Balaban J connectivity index is 2.72. The molecule has 1 aliphatic carbocycles. The van der Waals surface area contributed by atoms with Crippen LogP contribution >= 0.6 is 15.6 Å². The summed E-state index contributed by atoms with van der Waals surface area (Å²) >= 11 is 0. The first-order chi connectivity index (χ1) is 16.3. The Morgan fingerprint density at radius 3 is 1.69 bits per heavy atom. The Morgan fingerprint density at radius 2 is 1.20 bits per heavy atom. The van der Waals surface area contributed by atoms with Gasteiger partial charge >= 0.3 is 15.6 Å². The van der Waals surface area contributed by atoms with Crippen LogP contribution in [0.2, 0.25) is 0 Å². The number of aliphatic hydroxyl groups excluding tert-OH is 4. The van der Waals surface area contributed by atoms with E-state index in [2.05, 4.69) is 11.4 Å². The zero-order valence-electron chi connectivity index (χ0n) is 20.0. The highest BCUT2D eigenvalue weighted by atomic mass is 31.2. The number of rotatable bonds is 18. The van der Waals surface area contributed by atoms with Crippen molar-refractivity contribution in [2.45, 2.75) is 95.1 Å². The predicted octanol–water partition coefficient (Wildman–Crippen LogP) is 0.206. The largest absolute Gasteiger partial charge is 0.472 e. The third-order valence-electron chi connectivity index (χ3n) is 5.28. The van der Waals surface area contributed by atoms with E-state index < -0.39 is 65.0 Å². The third-order valence-corrected chi connectivity index (χ3v) is 6.78. The molecule has 0 radical (unpaired) electrons. The van der Waals surface area contributed by atoms with E-state index in [-0.39, 0.29) is 6.61 Å². The first-order valence-electron chi connectivity index (χ1n) is 11.6. The molecule has 0 amide bonds. The van der Waals surface area contributed by atoms with Gasteiger partial charge in [0.1, 0.15) is 42.7 Å². The minimum absolute atomic E-state index is 0.0866. The number of phosphoric acid groups is 2. The maximum Gasteiger partial charge on any atom is 0.472 e. The number of unbranched alkanes of at least 4 members (excludes halogenated alkanes) is 4. The zero-order valence-corrected chi connectivity index (χ0v) is 21.8. The Kier molecular flexibility index (Phi) is 15.1. The van der Waals surface area contributed by atoms with Gasteiger partial charge in [-0.15, -0.1) is 0 Å². The zero-order chi connectivity index (χ0) is 26.6. The fourth-order valence-electron chi connectivity index (χ4n) is 3.37. The third kappa shape index (κ3) is 12.4. The fraction of sp³-hybridized carbons (Fsp3) is 1.00. The normalized spacial score (nSPS) is 30.2. The van der Waals surface area contributed by atoms with Gasteiger partial charge in [0.2, 0.25) is 0 Å². The molecule has 1 aliphatic rings. The lowest BCUT2D eigenvalue weighted by Gasteiger charge is -2.43. The lowest BCUT2D eigenvalue weighted by atomic mass is 9.85. The molecule has 0 saturated heterocycles. The number of phosphoric ester groups is 2. The van der Waals surface area contributed by atoms with E-state index in [1.165, 1.54) is 0 Å². The van der Waals surface area contributed by atoms with Crippen LogP contribution in [-0.4, -0.2) is 104 Å². The standard InChI is InChI=1S/C19H40O14P2/c1-3-5-7-9-29-11-13(30-10-8-6-4-2)12-31-35(27,28)33-19-16(22)14(20)18(15(21)17(19)23)32-34(24,25)26/h13-23H,3-12H2,1-2H3,(H,27,28)(H2,24,25,26)/t13-,14-,15+,16+,17+,18+,19+/m1/s1. The summed E-state index contributed by atoms with van der Waals surface area (Å²) in [5, 5.41) is 40.5. The van der Waals surface area contributed by atoms with Crippen LogP contribution in [-0.2, 0) is 32.2 Å². The Labute approximate surface area is 205 Å². The van der Waals surface area contributed by atoms with E-state index >= 15 is 0 Å². The average molecular weight is 554 g/mol. The van der Waals surface area contributed by atoms with Crippen LogP contribution in [0.3, 0.4) is 0 Å². The summed E-state index contributed by atoms with van der Waals surface area (Å²) in [7, 11) is -10.2. The second-order valence-electron chi connectivity index (χ2n) is 8.34.